The quantitative estimate of drug-likeness (QED) is 0.858. The molecule has 19 heavy (non-hydrogen) atoms. The summed E-state index contributed by atoms with van der Waals surface area (Å²) in [5.41, 5.74) is 0.852. The van der Waals surface area contributed by atoms with Crippen molar-refractivity contribution in [2.45, 2.75) is 19.1 Å². The molecule has 0 aliphatic carbocycles. The molecule has 1 aromatic rings. The van der Waals surface area contributed by atoms with Crippen LogP contribution in [0.15, 0.2) is 18.5 Å². The molecular weight excluding hydrogens is 242 g/mol. The lowest BCUT2D eigenvalue weighted by Gasteiger charge is -2.49. The van der Waals surface area contributed by atoms with Gasteiger partial charge in [0.05, 0.1) is 24.9 Å². The predicted octanol–water partition coefficient (Wildman–Crippen LogP) is 0.513. The molecule has 3 fully saturated rings. The van der Waals surface area contributed by atoms with Crippen LogP contribution in [-0.4, -0.2) is 65.3 Å². The number of aromatic nitrogens is 1. The smallest absolute Gasteiger partial charge is 0.137 e. The van der Waals surface area contributed by atoms with Crippen LogP contribution in [0.1, 0.15) is 18.6 Å². The van der Waals surface area contributed by atoms with E-state index < -0.39 is 6.10 Å². The molecule has 5 heteroatoms. The zero-order chi connectivity index (χ0) is 13.2. The molecular formula is C14H21N3O2. The maximum atomic E-state index is 10.6. The van der Waals surface area contributed by atoms with Gasteiger partial charge in [0.25, 0.3) is 0 Å². The van der Waals surface area contributed by atoms with Crippen LogP contribution in [0.25, 0.3) is 0 Å². The van der Waals surface area contributed by atoms with Crippen molar-refractivity contribution in [3.8, 4) is 5.75 Å². The molecule has 4 heterocycles. The van der Waals surface area contributed by atoms with Gasteiger partial charge >= 0.3 is 0 Å². The molecule has 5 nitrogen and oxygen atoms in total. The lowest BCUT2D eigenvalue weighted by atomic mass is 9.97. The maximum absolute atomic E-state index is 10.6. The summed E-state index contributed by atoms with van der Waals surface area (Å²) in [6, 6.07) is 2.08. The highest BCUT2D eigenvalue weighted by atomic mass is 16.5. The van der Waals surface area contributed by atoms with Crippen molar-refractivity contribution in [3.05, 3.63) is 24.0 Å². The van der Waals surface area contributed by atoms with Crippen molar-refractivity contribution in [1.29, 1.82) is 0 Å². The minimum absolute atomic E-state index is 0.182. The van der Waals surface area contributed by atoms with Gasteiger partial charge in [0, 0.05) is 44.5 Å². The van der Waals surface area contributed by atoms with Gasteiger partial charge in [0.2, 0.25) is 0 Å². The first-order chi connectivity index (χ1) is 9.28. The van der Waals surface area contributed by atoms with Crippen LogP contribution < -0.4 is 4.74 Å². The zero-order valence-electron chi connectivity index (χ0n) is 11.3. The summed E-state index contributed by atoms with van der Waals surface area (Å²) in [4.78, 5) is 8.98. The molecule has 2 unspecified atom stereocenters. The molecule has 4 rings (SSSR count). The molecule has 2 atom stereocenters. The Morgan fingerprint density at radius 3 is 2.79 bits per heavy atom. The van der Waals surface area contributed by atoms with E-state index in [-0.39, 0.29) is 6.04 Å². The molecule has 3 saturated heterocycles. The molecule has 0 spiro atoms. The summed E-state index contributed by atoms with van der Waals surface area (Å²) in [5, 5.41) is 10.6. The Kier molecular flexibility index (Phi) is 3.68. The molecule has 0 saturated carbocycles. The summed E-state index contributed by atoms with van der Waals surface area (Å²) in [5.74, 6) is 0.732. The fraction of sp³-hybridized carbons (Fsp3) is 0.643. The van der Waals surface area contributed by atoms with E-state index in [0.29, 0.717) is 6.61 Å². The molecule has 1 aromatic heterocycles. The van der Waals surface area contributed by atoms with Gasteiger partial charge in [-0.1, -0.05) is 0 Å². The number of fused-ring (bicyclic) bond motifs is 3. The summed E-state index contributed by atoms with van der Waals surface area (Å²) in [7, 11) is 0. The molecule has 0 aromatic carbocycles. The van der Waals surface area contributed by atoms with Crippen LogP contribution in [-0.2, 0) is 0 Å². The molecule has 3 aliphatic rings. The summed E-state index contributed by atoms with van der Waals surface area (Å²) < 4.78 is 5.45. The second-order valence-electron chi connectivity index (χ2n) is 5.24. The van der Waals surface area contributed by atoms with Gasteiger partial charge in [-0.05, 0) is 13.0 Å². The third-order valence-electron chi connectivity index (χ3n) is 4.07. The van der Waals surface area contributed by atoms with Crippen LogP contribution in [0.4, 0.5) is 0 Å². The van der Waals surface area contributed by atoms with Crippen molar-refractivity contribution in [3.63, 3.8) is 0 Å². The number of aliphatic hydroxyl groups is 1. The predicted molar refractivity (Wildman–Crippen MR) is 72.2 cm³/mol. The molecule has 1 N–H and O–H groups in total. The SMILES string of the molecule is CCOc1cncc(C(O)C2CN3CCN2CC3)c1. The van der Waals surface area contributed by atoms with Crippen molar-refractivity contribution in [2.24, 2.45) is 0 Å². The Bertz CT molecular complexity index is 432. The van der Waals surface area contributed by atoms with E-state index >= 15 is 0 Å². The fourth-order valence-corrected chi connectivity index (χ4v) is 3.02. The Labute approximate surface area is 113 Å². The first kappa shape index (κ1) is 12.8. The standard InChI is InChI=1S/C14H21N3O2/c1-2-19-12-7-11(8-15-9-12)14(18)13-10-16-3-5-17(13)6-4-16/h7-9,13-14,18H,2-6,10H2,1H3. The largest absolute Gasteiger partial charge is 0.492 e. The third-order valence-corrected chi connectivity index (χ3v) is 4.07. The number of ether oxygens (including phenoxy) is 1. The zero-order valence-corrected chi connectivity index (χ0v) is 11.3. The van der Waals surface area contributed by atoms with Crippen LogP contribution in [0.5, 0.6) is 5.75 Å². The van der Waals surface area contributed by atoms with Crippen molar-refractivity contribution in [2.75, 3.05) is 39.3 Å². The average Bonchev–Trinajstić information content (AvgIpc) is 2.48. The first-order valence-electron chi connectivity index (χ1n) is 7.00. The Hall–Kier alpha value is -1.17. The van der Waals surface area contributed by atoms with E-state index in [4.69, 9.17) is 4.74 Å². The minimum atomic E-state index is -0.490. The summed E-state index contributed by atoms with van der Waals surface area (Å²) >= 11 is 0. The highest BCUT2D eigenvalue weighted by Crippen LogP contribution is 2.28. The molecule has 0 amide bonds. The van der Waals surface area contributed by atoms with E-state index in [9.17, 15) is 5.11 Å². The van der Waals surface area contributed by atoms with Crippen molar-refractivity contribution >= 4 is 0 Å². The lowest BCUT2D eigenvalue weighted by molar-refractivity contribution is -0.0471. The monoisotopic (exact) mass is 263 g/mol. The van der Waals surface area contributed by atoms with E-state index in [2.05, 4.69) is 14.8 Å². The lowest BCUT2D eigenvalue weighted by Crippen LogP contribution is -2.62. The number of hydrogen-bond acceptors (Lipinski definition) is 5. The van der Waals surface area contributed by atoms with E-state index in [1.807, 2.05) is 13.0 Å². The number of nitrogens with zero attached hydrogens (tertiary/aromatic N) is 3. The normalized spacial score (nSPS) is 31.2. The van der Waals surface area contributed by atoms with Crippen LogP contribution in [0.3, 0.4) is 0 Å². The second-order valence-corrected chi connectivity index (χ2v) is 5.24. The third kappa shape index (κ3) is 2.59. The van der Waals surface area contributed by atoms with Gasteiger partial charge in [0.15, 0.2) is 0 Å². The first-order valence-corrected chi connectivity index (χ1v) is 7.00. The van der Waals surface area contributed by atoms with Gasteiger partial charge in [-0.25, -0.2) is 0 Å². The summed E-state index contributed by atoms with van der Waals surface area (Å²) in [6.45, 7) is 7.87. The Morgan fingerprint density at radius 2 is 2.16 bits per heavy atom. The Balaban J connectivity index is 1.76. The van der Waals surface area contributed by atoms with E-state index in [0.717, 1.165) is 44.0 Å². The Morgan fingerprint density at radius 1 is 1.37 bits per heavy atom. The van der Waals surface area contributed by atoms with Gasteiger partial charge < -0.3 is 9.84 Å². The van der Waals surface area contributed by atoms with Crippen molar-refractivity contribution in [1.82, 2.24) is 14.8 Å². The van der Waals surface area contributed by atoms with Crippen LogP contribution in [0, 0.1) is 0 Å². The van der Waals surface area contributed by atoms with Gasteiger partial charge in [-0.3, -0.25) is 14.8 Å². The van der Waals surface area contributed by atoms with Crippen molar-refractivity contribution < 1.29 is 9.84 Å². The summed E-state index contributed by atoms with van der Waals surface area (Å²) in [6.07, 6.45) is 2.94. The number of hydrogen-bond donors (Lipinski definition) is 1. The number of pyridine rings is 1. The highest BCUT2D eigenvalue weighted by molar-refractivity contribution is 5.26. The highest BCUT2D eigenvalue weighted by Gasteiger charge is 2.36. The fourth-order valence-electron chi connectivity index (χ4n) is 3.02. The average molecular weight is 263 g/mol. The van der Waals surface area contributed by atoms with Gasteiger partial charge in [0.1, 0.15) is 5.75 Å². The van der Waals surface area contributed by atoms with E-state index in [1.165, 1.54) is 0 Å². The maximum Gasteiger partial charge on any atom is 0.137 e. The topological polar surface area (TPSA) is 48.8 Å². The number of rotatable bonds is 4. The molecule has 0 radical (unpaired) electrons. The molecule has 104 valence electrons. The van der Waals surface area contributed by atoms with Crippen LogP contribution in [0.2, 0.25) is 0 Å². The number of piperazine rings is 3. The molecule has 3 aliphatic heterocycles. The number of aliphatic hydroxyl groups excluding tert-OH is 1. The second kappa shape index (κ2) is 5.45. The van der Waals surface area contributed by atoms with E-state index in [1.54, 1.807) is 12.4 Å². The molecule has 2 bridgehead atoms. The van der Waals surface area contributed by atoms with Crippen LogP contribution >= 0.6 is 0 Å². The van der Waals surface area contributed by atoms with Gasteiger partial charge in [-0.2, -0.15) is 0 Å². The minimum Gasteiger partial charge on any atom is -0.492 e. The van der Waals surface area contributed by atoms with Gasteiger partial charge in [-0.15, -0.1) is 0 Å².